The van der Waals surface area contributed by atoms with Gasteiger partial charge in [-0.3, -0.25) is 4.98 Å². The number of fused-ring (bicyclic) bond motifs is 1. The third-order valence-electron chi connectivity index (χ3n) is 4.31. The molecule has 2 N–H and O–H groups in total. The highest BCUT2D eigenvalue weighted by Crippen LogP contribution is 2.32. The zero-order valence-electron chi connectivity index (χ0n) is 12.0. The smallest absolute Gasteiger partial charge is 0.0482 e. The summed E-state index contributed by atoms with van der Waals surface area (Å²) < 4.78 is 0. The van der Waals surface area contributed by atoms with Crippen LogP contribution in [0, 0.1) is 6.92 Å². The summed E-state index contributed by atoms with van der Waals surface area (Å²) in [5.41, 5.74) is 11.8. The quantitative estimate of drug-likeness (QED) is 0.925. The molecule has 0 bridgehead atoms. The van der Waals surface area contributed by atoms with Crippen LogP contribution in [0.5, 0.6) is 0 Å². The van der Waals surface area contributed by atoms with Crippen LogP contribution in [-0.4, -0.2) is 11.0 Å². The topological polar surface area (TPSA) is 38.9 Å². The maximum Gasteiger partial charge on any atom is 0.0482 e. The van der Waals surface area contributed by atoms with Crippen molar-refractivity contribution >= 4 is 0 Å². The molecule has 1 aliphatic rings. The first-order valence-electron chi connectivity index (χ1n) is 7.49. The molecular weight excluding hydrogens is 244 g/mol. The molecule has 2 unspecified atom stereocenters. The van der Waals surface area contributed by atoms with E-state index in [0.29, 0.717) is 5.92 Å². The zero-order chi connectivity index (χ0) is 13.9. The van der Waals surface area contributed by atoms with Crippen LogP contribution < -0.4 is 5.73 Å². The number of benzene rings is 1. The Morgan fingerprint density at radius 2 is 2.20 bits per heavy atom. The Balaban J connectivity index is 1.80. The van der Waals surface area contributed by atoms with E-state index >= 15 is 0 Å². The van der Waals surface area contributed by atoms with E-state index in [1.54, 1.807) is 0 Å². The maximum atomic E-state index is 6.51. The lowest BCUT2D eigenvalue weighted by Gasteiger charge is -2.29. The summed E-state index contributed by atoms with van der Waals surface area (Å²) >= 11 is 0. The molecule has 0 amide bonds. The summed E-state index contributed by atoms with van der Waals surface area (Å²) in [6, 6.07) is 13.1. The Morgan fingerprint density at radius 1 is 1.30 bits per heavy atom. The second kappa shape index (κ2) is 5.76. The van der Waals surface area contributed by atoms with Crippen molar-refractivity contribution in [2.75, 3.05) is 0 Å². The zero-order valence-corrected chi connectivity index (χ0v) is 12.0. The van der Waals surface area contributed by atoms with Crippen molar-refractivity contribution in [3.05, 3.63) is 65.0 Å². The molecule has 0 aliphatic heterocycles. The SMILES string of the molecule is Cc1cccc(CC(N)C2CCCc3cccnc32)c1. The number of nitrogens with zero attached hydrogens (tertiary/aromatic N) is 1. The minimum Gasteiger partial charge on any atom is -0.327 e. The van der Waals surface area contributed by atoms with Crippen LogP contribution in [0.3, 0.4) is 0 Å². The average Bonchev–Trinajstić information content (AvgIpc) is 2.46. The Hall–Kier alpha value is -1.67. The molecule has 0 radical (unpaired) electrons. The molecule has 1 aromatic heterocycles. The molecule has 0 spiro atoms. The predicted molar refractivity (Wildman–Crippen MR) is 82.8 cm³/mol. The molecule has 0 saturated heterocycles. The largest absolute Gasteiger partial charge is 0.327 e. The van der Waals surface area contributed by atoms with Crippen molar-refractivity contribution in [3.8, 4) is 0 Å². The number of nitrogens with two attached hydrogens (primary N) is 1. The van der Waals surface area contributed by atoms with E-state index in [4.69, 9.17) is 5.73 Å². The number of aryl methyl sites for hydroxylation is 2. The van der Waals surface area contributed by atoms with Crippen molar-refractivity contribution in [1.82, 2.24) is 4.98 Å². The van der Waals surface area contributed by atoms with Gasteiger partial charge in [-0.2, -0.15) is 0 Å². The van der Waals surface area contributed by atoms with Crippen LogP contribution in [0.15, 0.2) is 42.6 Å². The van der Waals surface area contributed by atoms with Gasteiger partial charge in [-0.1, -0.05) is 35.9 Å². The molecule has 2 aromatic rings. The molecule has 1 aromatic carbocycles. The van der Waals surface area contributed by atoms with Crippen molar-refractivity contribution < 1.29 is 0 Å². The lowest BCUT2D eigenvalue weighted by atomic mass is 9.80. The van der Waals surface area contributed by atoms with Gasteiger partial charge in [0.2, 0.25) is 0 Å². The summed E-state index contributed by atoms with van der Waals surface area (Å²) in [6.45, 7) is 2.13. The van der Waals surface area contributed by atoms with Crippen LogP contribution >= 0.6 is 0 Å². The second-order valence-electron chi connectivity index (χ2n) is 5.90. The van der Waals surface area contributed by atoms with Gasteiger partial charge in [0.15, 0.2) is 0 Å². The van der Waals surface area contributed by atoms with E-state index in [0.717, 1.165) is 19.3 Å². The summed E-state index contributed by atoms with van der Waals surface area (Å²) in [4.78, 5) is 4.60. The van der Waals surface area contributed by atoms with Crippen molar-refractivity contribution in [1.29, 1.82) is 0 Å². The highest BCUT2D eigenvalue weighted by atomic mass is 14.7. The van der Waals surface area contributed by atoms with Crippen LogP contribution in [0.4, 0.5) is 0 Å². The van der Waals surface area contributed by atoms with E-state index in [-0.39, 0.29) is 6.04 Å². The van der Waals surface area contributed by atoms with Gasteiger partial charge >= 0.3 is 0 Å². The van der Waals surface area contributed by atoms with E-state index in [2.05, 4.69) is 42.2 Å². The third kappa shape index (κ3) is 2.75. The number of pyridine rings is 1. The lowest BCUT2D eigenvalue weighted by Crippen LogP contribution is -2.33. The highest BCUT2D eigenvalue weighted by molar-refractivity contribution is 5.29. The Bertz CT molecular complexity index is 591. The first-order chi connectivity index (χ1) is 9.74. The summed E-state index contributed by atoms with van der Waals surface area (Å²) in [5, 5.41) is 0. The first kappa shape index (κ1) is 13.3. The molecule has 104 valence electrons. The Kier molecular flexibility index (Phi) is 3.83. The fourth-order valence-corrected chi connectivity index (χ4v) is 3.32. The Labute approximate surface area is 121 Å². The minimum atomic E-state index is 0.158. The predicted octanol–water partition coefficient (Wildman–Crippen LogP) is 3.38. The molecule has 20 heavy (non-hydrogen) atoms. The van der Waals surface area contributed by atoms with Gasteiger partial charge in [0.1, 0.15) is 0 Å². The van der Waals surface area contributed by atoms with Gasteiger partial charge in [0.05, 0.1) is 0 Å². The number of rotatable bonds is 3. The van der Waals surface area contributed by atoms with Crippen molar-refractivity contribution in [2.24, 2.45) is 5.73 Å². The van der Waals surface area contributed by atoms with Gasteiger partial charge in [-0.15, -0.1) is 0 Å². The molecular formula is C18H22N2. The maximum absolute atomic E-state index is 6.51. The molecule has 0 fully saturated rings. The fraction of sp³-hybridized carbons (Fsp3) is 0.389. The highest BCUT2D eigenvalue weighted by Gasteiger charge is 2.26. The Morgan fingerprint density at radius 3 is 3.05 bits per heavy atom. The summed E-state index contributed by atoms with van der Waals surface area (Å²) in [5.74, 6) is 0.403. The van der Waals surface area contributed by atoms with Gasteiger partial charge in [0.25, 0.3) is 0 Å². The lowest BCUT2D eigenvalue weighted by molar-refractivity contribution is 0.449. The minimum absolute atomic E-state index is 0.158. The molecule has 2 heteroatoms. The van der Waals surface area contributed by atoms with Gasteiger partial charge in [0, 0.05) is 23.9 Å². The van der Waals surface area contributed by atoms with Crippen molar-refractivity contribution in [3.63, 3.8) is 0 Å². The van der Waals surface area contributed by atoms with Crippen LogP contribution in [0.2, 0.25) is 0 Å². The van der Waals surface area contributed by atoms with E-state index in [1.165, 1.54) is 28.8 Å². The fourth-order valence-electron chi connectivity index (χ4n) is 3.32. The molecule has 2 nitrogen and oxygen atoms in total. The molecule has 1 aliphatic carbocycles. The van der Waals surface area contributed by atoms with Crippen LogP contribution in [-0.2, 0) is 12.8 Å². The van der Waals surface area contributed by atoms with Gasteiger partial charge in [-0.25, -0.2) is 0 Å². The molecule has 1 heterocycles. The van der Waals surface area contributed by atoms with Crippen LogP contribution in [0.1, 0.15) is 41.1 Å². The van der Waals surface area contributed by atoms with Crippen molar-refractivity contribution in [2.45, 2.75) is 44.6 Å². The van der Waals surface area contributed by atoms with Gasteiger partial charge in [-0.05, 0) is 49.8 Å². The molecule has 3 rings (SSSR count). The van der Waals surface area contributed by atoms with Crippen LogP contribution in [0.25, 0.3) is 0 Å². The van der Waals surface area contributed by atoms with E-state index < -0.39 is 0 Å². The number of hydrogen-bond acceptors (Lipinski definition) is 2. The summed E-state index contributed by atoms with van der Waals surface area (Å²) in [6.07, 6.45) is 6.37. The number of aromatic nitrogens is 1. The third-order valence-corrected chi connectivity index (χ3v) is 4.31. The van der Waals surface area contributed by atoms with Gasteiger partial charge < -0.3 is 5.73 Å². The second-order valence-corrected chi connectivity index (χ2v) is 5.90. The standard InChI is InChI=1S/C18H22N2/c1-13-5-2-6-14(11-13)12-17(19)16-9-3-7-15-8-4-10-20-18(15)16/h2,4-6,8,10-11,16-17H,3,7,9,12,19H2,1H3. The normalized spacial score (nSPS) is 19.4. The first-order valence-corrected chi connectivity index (χ1v) is 7.49. The van der Waals surface area contributed by atoms with E-state index in [9.17, 15) is 0 Å². The summed E-state index contributed by atoms with van der Waals surface area (Å²) in [7, 11) is 0. The average molecular weight is 266 g/mol. The number of hydrogen-bond donors (Lipinski definition) is 1. The van der Waals surface area contributed by atoms with E-state index in [1.807, 2.05) is 12.3 Å². The molecule has 2 atom stereocenters. The molecule has 0 saturated carbocycles. The monoisotopic (exact) mass is 266 g/mol.